The zero-order chi connectivity index (χ0) is 14.7. The predicted molar refractivity (Wildman–Crippen MR) is 82.1 cm³/mol. The molecule has 0 N–H and O–H groups in total. The fraction of sp³-hybridized carbons (Fsp3) is 0.312. The van der Waals surface area contributed by atoms with Crippen molar-refractivity contribution in [1.29, 1.82) is 5.26 Å². The van der Waals surface area contributed by atoms with E-state index in [2.05, 4.69) is 11.1 Å². The number of hydrogen-bond donors (Lipinski definition) is 0. The van der Waals surface area contributed by atoms with E-state index in [9.17, 15) is 4.79 Å². The average Bonchev–Trinajstić information content (AvgIpc) is 2.98. The van der Waals surface area contributed by atoms with Crippen LogP contribution in [-0.2, 0) is 25.1 Å². The molecule has 1 aromatic heterocycles. The summed E-state index contributed by atoms with van der Waals surface area (Å²) in [5.74, 6) is 0.748. The maximum absolute atomic E-state index is 12.4. The molecule has 3 rings (SSSR count). The van der Waals surface area contributed by atoms with Gasteiger partial charge in [0.05, 0.1) is 11.8 Å². The molecule has 1 aromatic carbocycles. The molecule has 0 bridgehead atoms. The van der Waals surface area contributed by atoms with E-state index in [0.717, 1.165) is 36.3 Å². The Balaban J connectivity index is 1.92. The average molecular weight is 297 g/mol. The molecule has 0 saturated carbocycles. The summed E-state index contributed by atoms with van der Waals surface area (Å²) in [5, 5.41) is 9.61. The Bertz CT molecular complexity index is 747. The largest absolute Gasteiger partial charge is 0.273 e. The lowest BCUT2D eigenvalue weighted by Crippen LogP contribution is -2.26. The first-order valence-electron chi connectivity index (χ1n) is 6.96. The van der Waals surface area contributed by atoms with Gasteiger partial charge in [-0.15, -0.1) is 0 Å². The lowest BCUT2D eigenvalue weighted by Gasteiger charge is -2.11. The molecule has 0 radical (unpaired) electrons. The number of hydrogen-bond acceptors (Lipinski definition) is 4. The van der Waals surface area contributed by atoms with Crippen molar-refractivity contribution in [2.24, 2.45) is 0 Å². The highest BCUT2D eigenvalue weighted by Gasteiger charge is 2.20. The van der Waals surface area contributed by atoms with E-state index < -0.39 is 0 Å². The Kier molecular flexibility index (Phi) is 4.07. The van der Waals surface area contributed by atoms with Crippen molar-refractivity contribution in [1.82, 2.24) is 9.55 Å². The van der Waals surface area contributed by atoms with Crippen LogP contribution in [0.5, 0.6) is 0 Å². The summed E-state index contributed by atoms with van der Waals surface area (Å²) in [6, 6.07) is 12.1. The van der Waals surface area contributed by atoms with Crippen LogP contribution in [-0.4, -0.2) is 9.55 Å². The van der Waals surface area contributed by atoms with Crippen molar-refractivity contribution in [3.05, 3.63) is 57.5 Å². The maximum atomic E-state index is 12.4. The fourth-order valence-corrected chi connectivity index (χ4v) is 3.52. The van der Waals surface area contributed by atoms with Gasteiger partial charge in [0.1, 0.15) is 6.54 Å². The molecule has 0 unspecified atom stereocenters. The van der Waals surface area contributed by atoms with E-state index in [1.54, 1.807) is 0 Å². The molecule has 1 aliphatic carbocycles. The second-order valence-corrected chi connectivity index (χ2v) is 5.94. The Morgan fingerprint density at radius 2 is 2.10 bits per heavy atom. The van der Waals surface area contributed by atoms with Crippen molar-refractivity contribution in [3.63, 3.8) is 0 Å². The first-order chi connectivity index (χ1) is 10.3. The number of thioether (sulfide) groups is 1. The monoisotopic (exact) mass is 297 g/mol. The topological polar surface area (TPSA) is 58.7 Å². The van der Waals surface area contributed by atoms with Crippen LogP contribution in [0.3, 0.4) is 0 Å². The van der Waals surface area contributed by atoms with Crippen molar-refractivity contribution in [2.75, 3.05) is 0 Å². The fourth-order valence-electron chi connectivity index (χ4n) is 2.55. The van der Waals surface area contributed by atoms with E-state index in [-0.39, 0.29) is 12.1 Å². The van der Waals surface area contributed by atoms with Crippen molar-refractivity contribution < 1.29 is 0 Å². The first-order valence-corrected chi connectivity index (χ1v) is 7.94. The third kappa shape index (κ3) is 2.86. The zero-order valence-corrected chi connectivity index (χ0v) is 12.4. The summed E-state index contributed by atoms with van der Waals surface area (Å²) in [6.07, 6.45) is 2.64. The molecule has 1 aliphatic rings. The van der Waals surface area contributed by atoms with Crippen LogP contribution in [0.2, 0.25) is 0 Å². The van der Waals surface area contributed by atoms with Crippen LogP contribution in [0.15, 0.2) is 40.3 Å². The van der Waals surface area contributed by atoms with Crippen LogP contribution >= 0.6 is 11.8 Å². The minimum Gasteiger partial charge on any atom is -0.273 e. The van der Waals surface area contributed by atoms with Crippen LogP contribution < -0.4 is 5.56 Å². The summed E-state index contributed by atoms with van der Waals surface area (Å²) in [6.45, 7) is 0.0657. The Labute approximate surface area is 127 Å². The molecule has 106 valence electrons. The Morgan fingerprint density at radius 3 is 2.86 bits per heavy atom. The quantitative estimate of drug-likeness (QED) is 0.643. The molecule has 1 heterocycles. The summed E-state index contributed by atoms with van der Waals surface area (Å²) >= 11 is 1.52. The predicted octanol–water partition coefficient (Wildman–Crippen LogP) is 2.55. The van der Waals surface area contributed by atoms with E-state index in [1.165, 1.54) is 21.9 Å². The molecule has 4 nitrogen and oxygen atoms in total. The molecule has 0 atom stereocenters. The smallest absolute Gasteiger partial charge is 0.258 e. The number of fused-ring (bicyclic) bond motifs is 1. The second kappa shape index (κ2) is 6.15. The number of nitrogens with zero attached hydrogens (tertiary/aromatic N) is 3. The number of nitriles is 1. The third-order valence-electron chi connectivity index (χ3n) is 3.59. The standard InChI is InChI=1S/C16H15N3OS/c17-9-10-19-15(20)13-7-4-8-14(13)18-16(19)21-11-12-5-2-1-3-6-12/h1-3,5-6H,4,7-8,10-11H2. The SMILES string of the molecule is N#CCn1c(SCc2ccccc2)nc2c(c1=O)CCC2. The zero-order valence-electron chi connectivity index (χ0n) is 11.6. The maximum Gasteiger partial charge on any atom is 0.258 e. The number of aromatic nitrogens is 2. The van der Waals surface area contributed by atoms with Crippen LogP contribution in [0.25, 0.3) is 0 Å². The summed E-state index contributed by atoms with van der Waals surface area (Å²) in [5.41, 5.74) is 2.87. The molecule has 0 spiro atoms. The molecule has 5 heteroatoms. The van der Waals surface area contributed by atoms with Gasteiger partial charge >= 0.3 is 0 Å². The number of aryl methyl sites for hydroxylation is 1. The van der Waals surface area contributed by atoms with E-state index in [4.69, 9.17) is 5.26 Å². The second-order valence-electron chi connectivity index (χ2n) is 5.00. The highest BCUT2D eigenvalue weighted by Crippen LogP contribution is 2.24. The molecular formula is C16H15N3OS. The Morgan fingerprint density at radius 1 is 1.29 bits per heavy atom. The van der Waals surface area contributed by atoms with Gasteiger partial charge in [-0.05, 0) is 24.8 Å². The first kappa shape index (κ1) is 13.9. The molecular weight excluding hydrogens is 282 g/mol. The summed E-state index contributed by atoms with van der Waals surface area (Å²) in [4.78, 5) is 17.1. The van der Waals surface area contributed by atoms with E-state index in [0.29, 0.717) is 5.16 Å². The van der Waals surface area contributed by atoms with Crippen molar-refractivity contribution >= 4 is 11.8 Å². The normalized spacial score (nSPS) is 12.9. The molecule has 2 aromatic rings. The van der Waals surface area contributed by atoms with Gasteiger partial charge in [-0.2, -0.15) is 5.26 Å². The highest BCUT2D eigenvalue weighted by molar-refractivity contribution is 7.98. The van der Waals surface area contributed by atoms with E-state index in [1.807, 2.05) is 30.3 Å². The minimum absolute atomic E-state index is 0.0328. The van der Waals surface area contributed by atoms with Crippen LogP contribution in [0.4, 0.5) is 0 Å². The Hall–Kier alpha value is -2.06. The molecule has 21 heavy (non-hydrogen) atoms. The van der Waals surface area contributed by atoms with Gasteiger partial charge in [-0.1, -0.05) is 42.1 Å². The van der Waals surface area contributed by atoms with Gasteiger partial charge in [-0.3, -0.25) is 9.36 Å². The van der Waals surface area contributed by atoms with Gasteiger partial charge in [-0.25, -0.2) is 4.98 Å². The molecule has 0 saturated heterocycles. The molecule has 0 fully saturated rings. The van der Waals surface area contributed by atoms with Crippen molar-refractivity contribution in [3.8, 4) is 6.07 Å². The highest BCUT2D eigenvalue weighted by atomic mass is 32.2. The van der Waals surface area contributed by atoms with Crippen molar-refractivity contribution in [2.45, 2.75) is 36.7 Å². The van der Waals surface area contributed by atoms with Gasteiger partial charge < -0.3 is 0 Å². The summed E-state index contributed by atoms with van der Waals surface area (Å²) < 4.78 is 1.51. The third-order valence-corrected chi connectivity index (χ3v) is 4.64. The van der Waals surface area contributed by atoms with Gasteiger partial charge in [0.15, 0.2) is 5.16 Å². The van der Waals surface area contributed by atoms with Gasteiger partial charge in [0, 0.05) is 11.3 Å². The molecule has 0 amide bonds. The van der Waals surface area contributed by atoms with Gasteiger partial charge in [0.25, 0.3) is 5.56 Å². The lowest BCUT2D eigenvalue weighted by atomic mass is 10.2. The van der Waals surface area contributed by atoms with Gasteiger partial charge in [0.2, 0.25) is 0 Å². The van der Waals surface area contributed by atoms with Crippen LogP contribution in [0, 0.1) is 11.3 Å². The summed E-state index contributed by atoms with van der Waals surface area (Å²) in [7, 11) is 0. The van der Waals surface area contributed by atoms with E-state index >= 15 is 0 Å². The van der Waals surface area contributed by atoms with Crippen LogP contribution in [0.1, 0.15) is 23.2 Å². The number of benzene rings is 1. The number of rotatable bonds is 4. The lowest BCUT2D eigenvalue weighted by molar-refractivity contribution is 0.648. The minimum atomic E-state index is -0.0328. The molecule has 0 aliphatic heterocycles.